The molecular formula is C18H19FN2O4. The highest BCUT2D eigenvalue weighted by Crippen LogP contribution is 2.23. The summed E-state index contributed by atoms with van der Waals surface area (Å²) in [6.45, 7) is 1.22. The number of hydrogen-bond donors (Lipinski definition) is 1. The van der Waals surface area contributed by atoms with E-state index in [1.807, 2.05) is 4.90 Å². The van der Waals surface area contributed by atoms with Gasteiger partial charge in [-0.2, -0.15) is 0 Å². The quantitative estimate of drug-likeness (QED) is 0.919. The predicted octanol–water partition coefficient (Wildman–Crippen LogP) is 2.19. The van der Waals surface area contributed by atoms with E-state index in [0.717, 1.165) is 31.7 Å². The van der Waals surface area contributed by atoms with Crippen LogP contribution in [0.5, 0.6) is 5.75 Å². The van der Waals surface area contributed by atoms with Gasteiger partial charge in [0.1, 0.15) is 12.1 Å². The van der Waals surface area contributed by atoms with Crippen molar-refractivity contribution in [3.8, 4) is 5.75 Å². The Morgan fingerprint density at radius 3 is 2.92 bits per heavy atom. The van der Waals surface area contributed by atoms with Crippen LogP contribution in [0.1, 0.15) is 23.4 Å². The molecule has 25 heavy (non-hydrogen) atoms. The van der Waals surface area contributed by atoms with Crippen LogP contribution in [0.3, 0.4) is 0 Å². The van der Waals surface area contributed by atoms with Crippen molar-refractivity contribution in [1.82, 2.24) is 5.32 Å². The fourth-order valence-corrected chi connectivity index (χ4v) is 2.95. The lowest BCUT2D eigenvalue weighted by Crippen LogP contribution is -2.48. The van der Waals surface area contributed by atoms with E-state index in [4.69, 9.17) is 9.15 Å². The van der Waals surface area contributed by atoms with Crippen LogP contribution in [0.15, 0.2) is 45.8 Å². The van der Waals surface area contributed by atoms with Crippen molar-refractivity contribution in [2.24, 2.45) is 0 Å². The van der Waals surface area contributed by atoms with Crippen molar-refractivity contribution in [2.75, 3.05) is 25.1 Å². The number of carbonyl (C=O) groups is 1. The number of methoxy groups -OCH3 is 1. The van der Waals surface area contributed by atoms with Gasteiger partial charge in [0.05, 0.1) is 12.8 Å². The summed E-state index contributed by atoms with van der Waals surface area (Å²) >= 11 is 0. The van der Waals surface area contributed by atoms with Crippen molar-refractivity contribution in [3.05, 3.63) is 58.4 Å². The smallest absolute Gasteiger partial charge is 0.287 e. The normalized spacial score (nSPS) is 17.2. The van der Waals surface area contributed by atoms with Gasteiger partial charge in [-0.1, -0.05) is 12.1 Å². The van der Waals surface area contributed by atoms with E-state index in [1.165, 1.54) is 13.2 Å². The molecule has 0 radical (unpaired) electrons. The van der Waals surface area contributed by atoms with Gasteiger partial charge in [0, 0.05) is 25.2 Å². The van der Waals surface area contributed by atoms with Gasteiger partial charge in [-0.15, -0.1) is 0 Å². The molecule has 0 bridgehead atoms. The number of nitrogens with one attached hydrogen (secondary N) is 1. The molecule has 7 heteroatoms. The Labute approximate surface area is 144 Å². The molecular weight excluding hydrogens is 327 g/mol. The molecule has 1 aromatic carbocycles. The lowest BCUT2D eigenvalue weighted by atomic mass is 10.0. The van der Waals surface area contributed by atoms with Gasteiger partial charge in [0.15, 0.2) is 5.76 Å². The highest BCUT2D eigenvalue weighted by atomic mass is 19.1. The number of amides is 1. The molecule has 1 fully saturated rings. The van der Waals surface area contributed by atoms with Crippen LogP contribution >= 0.6 is 0 Å². The number of hydrogen-bond acceptors (Lipinski definition) is 5. The number of nitrogens with zero attached hydrogens (tertiary/aromatic N) is 1. The lowest BCUT2D eigenvalue weighted by Gasteiger charge is -2.34. The SMILES string of the molecule is COc1coc(C(=O)N[C@H]2CCCN(c3ccccc3F)C2)cc1=O. The van der Waals surface area contributed by atoms with Crippen LogP contribution in [0.25, 0.3) is 0 Å². The maximum Gasteiger partial charge on any atom is 0.287 e. The maximum atomic E-state index is 14.0. The monoisotopic (exact) mass is 346 g/mol. The second kappa shape index (κ2) is 7.38. The molecule has 132 valence electrons. The molecule has 2 heterocycles. The summed E-state index contributed by atoms with van der Waals surface area (Å²) in [5, 5.41) is 2.84. The second-order valence-electron chi connectivity index (χ2n) is 5.89. The van der Waals surface area contributed by atoms with Crippen molar-refractivity contribution < 1.29 is 18.3 Å². The van der Waals surface area contributed by atoms with Crippen molar-refractivity contribution >= 4 is 11.6 Å². The third kappa shape index (κ3) is 3.81. The van der Waals surface area contributed by atoms with Crippen LogP contribution in [-0.4, -0.2) is 32.1 Å². The Balaban J connectivity index is 1.68. The summed E-state index contributed by atoms with van der Waals surface area (Å²) in [5.41, 5.74) is 0.105. The van der Waals surface area contributed by atoms with Crippen molar-refractivity contribution in [2.45, 2.75) is 18.9 Å². The first-order chi connectivity index (χ1) is 12.1. The molecule has 0 spiro atoms. The van der Waals surface area contributed by atoms with Gasteiger partial charge in [0.25, 0.3) is 5.91 Å². The van der Waals surface area contributed by atoms with Crippen molar-refractivity contribution in [3.63, 3.8) is 0 Å². The number of ether oxygens (including phenoxy) is 1. The highest BCUT2D eigenvalue weighted by molar-refractivity contribution is 5.91. The Morgan fingerprint density at radius 2 is 2.20 bits per heavy atom. The first kappa shape index (κ1) is 17.0. The summed E-state index contributed by atoms with van der Waals surface area (Å²) < 4.78 is 23.9. The molecule has 1 amide bonds. The number of piperidine rings is 1. The third-order valence-corrected chi connectivity index (χ3v) is 4.19. The number of halogens is 1. The van der Waals surface area contributed by atoms with Gasteiger partial charge >= 0.3 is 0 Å². The minimum Gasteiger partial charge on any atom is -0.490 e. The fourth-order valence-electron chi connectivity index (χ4n) is 2.95. The molecule has 1 saturated heterocycles. The largest absolute Gasteiger partial charge is 0.490 e. The molecule has 6 nitrogen and oxygen atoms in total. The number of benzene rings is 1. The number of anilines is 1. The van der Waals surface area contributed by atoms with Gasteiger partial charge in [-0.05, 0) is 25.0 Å². The van der Waals surface area contributed by atoms with E-state index < -0.39 is 11.3 Å². The molecule has 1 N–H and O–H groups in total. The van der Waals surface area contributed by atoms with E-state index in [-0.39, 0.29) is 23.4 Å². The maximum absolute atomic E-state index is 14.0. The molecule has 0 aliphatic carbocycles. The number of para-hydroxylation sites is 1. The average molecular weight is 346 g/mol. The van der Waals surface area contributed by atoms with Crippen molar-refractivity contribution in [1.29, 1.82) is 0 Å². The molecule has 1 aliphatic rings. The van der Waals surface area contributed by atoms with Gasteiger partial charge in [0.2, 0.25) is 11.2 Å². The number of carbonyl (C=O) groups excluding carboxylic acids is 1. The average Bonchev–Trinajstić information content (AvgIpc) is 2.62. The summed E-state index contributed by atoms with van der Waals surface area (Å²) in [4.78, 5) is 25.9. The summed E-state index contributed by atoms with van der Waals surface area (Å²) in [6.07, 6.45) is 2.71. The Bertz CT molecular complexity index is 821. The van der Waals surface area contributed by atoms with Crippen LogP contribution in [0.2, 0.25) is 0 Å². The summed E-state index contributed by atoms with van der Waals surface area (Å²) in [5.74, 6) is -0.787. The molecule has 2 aromatic rings. The molecule has 0 unspecified atom stereocenters. The summed E-state index contributed by atoms with van der Waals surface area (Å²) in [7, 11) is 1.35. The van der Waals surface area contributed by atoms with Crippen LogP contribution in [0, 0.1) is 5.82 Å². The molecule has 0 saturated carbocycles. The minimum absolute atomic E-state index is 0.0416. The van der Waals surface area contributed by atoms with Crippen LogP contribution < -0.4 is 20.4 Å². The highest BCUT2D eigenvalue weighted by Gasteiger charge is 2.24. The van der Waals surface area contributed by atoms with E-state index in [0.29, 0.717) is 12.2 Å². The van der Waals surface area contributed by atoms with Crippen LogP contribution in [0.4, 0.5) is 10.1 Å². The fraction of sp³-hybridized carbons (Fsp3) is 0.333. The molecule has 1 atom stereocenters. The molecule has 1 aliphatic heterocycles. The standard InChI is InChI=1S/C18H19FN2O4/c1-24-17-11-25-16(9-15(17)22)18(23)20-12-5-4-8-21(10-12)14-7-3-2-6-13(14)19/h2-3,6-7,9,11-12H,4-5,8,10H2,1H3,(H,20,23)/t12-/m0/s1. The Kier molecular flexibility index (Phi) is 5.02. The Morgan fingerprint density at radius 1 is 1.40 bits per heavy atom. The zero-order chi connectivity index (χ0) is 17.8. The van der Waals surface area contributed by atoms with Gasteiger partial charge < -0.3 is 19.4 Å². The zero-order valence-electron chi connectivity index (χ0n) is 13.8. The first-order valence-corrected chi connectivity index (χ1v) is 8.05. The van der Waals surface area contributed by atoms with E-state index in [9.17, 15) is 14.0 Å². The summed E-state index contributed by atoms with van der Waals surface area (Å²) in [6, 6.07) is 7.52. The first-order valence-electron chi connectivity index (χ1n) is 8.05. The topological polar surface area (TPSA) is 71.8 Å². The number of rotatable bonds is 4. The molecule has 1 aromatic heterocycles. The Hall–Kier alpha value is -2.83. The molecule has 3 rings (SSSR count). The lowest BCUT2D eigenvalue weighted by molar-refractivity contribution is 0.0902. The second-order valence-corrected chi connectivity index (χ2v) is 5.89. The van der Waals surface area contributed by atoms with E-state index in [1.54, 1.807) is 18.2 Å². The third-order valence-electron chi connectivity index (χ3n) is 4.19. The van der Waals surface area contributed by atoms with E-state index in [2.05, 4.69) is 5.32 Å². The van der Waals surface area contributed by atoms with E-state index >= 15 is 0 Å². The van der Waals surface area contributed by atoms with Crippen LogP contribution in [-0.2, 0) is 0 Å². The van der Waals surface area contributed by atoms with Gasteiger partial charge in [-0.3, -0.25) is 9.59 Å². The van der Waals surface area contributed by atoms with Gasteiger partial charge in [-0.25, -0.2) is 4.39 Å². The minimum atomic E-state index is -0.472. The predicted molar refractivity (Wildman–Crippen MR) is 90.6 cm³/mol. The zero-order valence-corrected chi connectivity index (χ0v) is 13.8.